The SMILES string of the molecule is CCOC(=O)C1CCCN(CC(=O)Nc2ccc(C(=O)N(C)C)cc2)C1. The first-order chi connectivity index (χ1) is 12.4. The highest BCUT2D eigenvalue weighted by atomic mass is 16.5. The molecule has 142 valence electrons. The fourth-order valence-electron chi connectivity index (χ4n) is 3.01. The Kier molecular flexibility index (Phi) is 7.15. The second-order valence-corrected chi connectivity index (χ2v) is 6.65. The number of carbonyl (C=O) groups excluding carboxylic acids is 3. The molecule has 0 aliphatic carbocycles. The fourth-order valence-corrected chi connectivity index (χ4v) is 3.01. The van der Waals surface area contributed by atoms with Crippen LogP contribution in [0.3, 0.4) is 0 Å². The fraction of sp³-hybridized carbons (Fsp3) is 0.526. The number of benzene rings is 1. The van der Waals surface area contributed by atoms with E-state index in [1.807, 2.05) is 4.90 Å². The van der Waals surface area contributed by atoms with Crippen molar-refractivity contribution >= 4 is 23.5 Å². The van der Waals surface area contributed by atoms with Crippen LogP contribution in [0, 0.1) is 5.92 Å². The highest BCUT2D eigenvalue weighted by Gasteiger charge is 2.27. The minimum absolute atomic E-state index is 0.0822. The van der Waals surface area contributed by atoms with Gasteiger partial charge in [0, 0.05) is 31.9 Å². The largest absolute Gasteiger partial charge is 0.466 e. The number of carbonyl (C=O) groups is 3. The molecule has 1 aromatic carbocycles. The monoisotopic (exact) mass is 361 g/mol. The van der Waals surface area contributed by atoms with E-state index in [2.05, 4.69) is 5.32 Å². The molecular formula is C19H27N3O4. The average Bonchev–Trinajstić information content (AvgIpc) is 2.62. The number of likely N-dealkylation sites (tertiary alicyclic amines) is 1. The Morgan fingerprint density at radius 1 is 1.23 bits per heavy atom. The lowest BCUT2D eigenvalue weighted by molar-refractivity contribution is -0.150. The lowest BCUT2D eigenvalue weighted by atomic mass is 9.98. The molecule has 0 spiro atoms. The minimum Gasteiger partial charge on any atom is -0.466 e. The van der Waals surface area contributed by atoms with Gasteiger partial charge >= 0.3 is 5.97 Å². The van der Waals surface area contributed by atoms with Crippen molar-refractivity contribution in [3.63, 3.8) is 0 Å². The average molecular weight is 361 g/mol. The molecule has 1 saturated heterocycles. The minimum atomic E-state index is -0.182. The molecule has 0 aromatic heterocycles. The Hall–Kier alpha value is -2.41. The Bertz CT molecular complexity index is 643. The van der Waals surface area contributed by atoms with Gasteiger partial charge in [-0.15, -0.1) is 0 Å². The number of ether oxygens (including phenoxy) is 1. The van der Waals surface area contributed by atoms with E-state index in [9.17, 15) is 14.4 Å². The van der Waals surface area contributed by atoms with Crippen molar-refractivity contribution in [2.24, 2.45) is 5.92 Å². The predicted octanol–water partition coefficient (Wildman–Crippen LogP) is 1.60. The van der Waals surface area contributed by atoms with Gasteiger partial charge in [0.25, 0.3) is 5.91 Å². The van der Waals surface area contributed by atoms with E-state index in [0.29, 0.717) is 24.4 Å². The van der Waals surface area contributed by atoms with Crippen LogP contribution < -0.4 is 5.32 Å². The summed E-state index contributed by atoms with van der Waals surface area (Å²) in [5.41, 5.74) is 1.21. The molecule has 0 radical (unpaired) electrons. The normalized spacial score (nSPS) is 17.4. The molecule has 1 aliphatic rings. The maximum Gasteiger partial charge on any atom is 0.310 e. The van der Waals surface area contributed by atoms with Crippen LogP contribution in [0.2, 0.25) is 0 Å². The van der Waals surface area contributed by atoms with Gasteiger partial charge in [0.2, 0.25) is 5.91 Å². The van der Waals surface area contributed by atoms with Crippen LogP contribution in [0.1, 0.15) is 30.1 Å². The summed E-state index contributed by atoms with van der Waals surface area (Å²) in [6, 6.07) is 6.81. The number of hydrogen-bond donors (Lipinski definition) is 1. The number of anilines is 1. The molecule has 1 aliphatic heterocycles. The molecule has 1 atom stereocenters. The van der Waals surface area contributed by atoms with Gasteiger partial charge in [-0.05, 0) is 50.6 Å². The first-order valence-electron chi connectivity index (χ1n) is 8.91. The molecule has 0 bridgehead atoms. The zero-order valence-electron chi connectivity index (χ0n) is 15.7. The molecule has 2 amide bonds. The van der Waals surface area contributed by atoms with Gasteiger partial charge in [-0.1, -0.05) is 0 Å². The van der Waals surface area contributed by atoms with E-state index in [4.69, 9.17) is 4.74 Å². The molecule has 0 saturated carbocycles. The molecule has 26 heavy (non-hydrogen) atoms. The smallest absolute Gasteiger partial charge is 0.310 e. The quantitative estimate of drug-likeness (QED) is 0.779. The summed E-state index contributed by atoms with van der Waals surface area (Å²) in [7, 11) is 3.39. The molecule has 7 nitrogen and oxygen atoms in total. The van der Waals surface area contributed by atoms with Crippen LogP contribution >= 0.6 is 0 Å². The van der Waals surface area contributed by atoms with Gasteiger partial charge in [-0.3, -0.25) is 19.3 Å². The van der Waals surface area contributed by atoms with E-state index in [1.54, 1.807) is 45.3 Å². The Morgan fingerprint density at radius 3 is 2.54 bits per heavy atom. The van der Waals surface area contributed by atoms with E-state index in [0.717, 1.165) is 19.4 Å². The molecular weight excluding hydrogens is 334 g/mol. The van der Waals surface area contributed by atoms with E-state index in [1.165, 1.54) is 4.90 Å². The topological polar surface area (TPSA) is 79.0 Å². The lowest BCUT2D eigenvalue weighted by Crippen LogP contribution is -2.43. The molecule has 1 fully saturated rings. The Balaban J connectivity index is 1.86. The Morgan fingerprint density at radius 2 is 1.92 bits per heavy atom. The van der Waals surface area contributed by atoms with Crippen molar-refractivity contribution in [2.75, 3.05) is 45.7 Å². The van der Waals surface area contributed by atoms with Crippen molar-refractivity contribution in [1.29, 1.82) is 0 Å². The maximum absolute atomic E-state index is 12.3. The maximum atomic E-state index is 12.3. The Labute approximate surface area is 154 Å². The standard InChI is InChI=1S/C19H27N3O4/c1-4-26-19(25)15-6-5-11-22(12-15)13-17(23)20-16-9-7-14(8-10-16)18(24)21(2)3/h7-10,15H,4-6,11-13H2,1-3H3,(H,20,23). The lowest BCUT2D eigenvalue weighted by Gasteiger charge is -2.30. The molecule has 7 heteroatoms. The zero-order chi connectivity index (χ0) is 19.1. The third-order valence-electron chi connectivity index (χ3n) is 4.31. The van der Waals surface area contributed by atoms with Crippen molar-refractivity contribution in [1.82, 2.24) is 9.80 Å². The van der Waals surface area contributed by atoms with Crippen LogP contribution in [0.5, 0.6) is 0 Å². The van der Waals surface area contributed by atoms with Gasteiger partial charge < -0.3 is 15.0 Å². The van der Waals surface area contributed by atoms with E-state index >= 15 is 0 Å². The van der Waals surface area contributed by atoms with E-state index < -0.39 is 0 Å². The summed E-state index contributed by atoms with van der Waals surface area (Å²) in [5.74, 6) is -0.561. The molecule has 1 aromatic rings. The second kappa shape index (κ2) is 9.33. The number of esters is 1. The van der Waals surface area contributed by atoms with Crippen LogP contribution in [0.4, 0.5) is 5.69 Å². The number of nitrogens with zero attached hydrogens (tertiary/aromatic N) is 2. The van der Waals surface area contributed by atoms with Crippen molar-refractivity contribution in [3.8, 4) is 0 Å². The third-order valence-corrected chi connectivity index (χ3v) is 4.31. The zero-order valence-corrected chi connectivity index (χ0v) is 15.7. The van der Waals surface area contributed by atoms with E-state index in [-0.39, 0.29) is 30.2 Å². The van der Waals surface area contributed by atoms with Crippen molar-refractivity contribution in [2.45, 2.75) is 19.8 Å². The summed E-state index contributed by atoms with van der Waals surface area (Å²) < 4.78 is 5.08. The number of nitrogens with one attached hydrogen (secondary N) is 1. The summed E-state index contributed by atoms with van der Waals surface area (Å²) in [5, 5.41) is 2.83. The first-order valence-corrected chi connectivity index (χ1v) is 8.91. The van der Waals surface area contributed by atoms with Gasteiger partial charge in [0.05, 0.1) is 19.1 Å². The van der Waals surface area contributed by atoms with Gasteiger partial charge in [-0.2, -0.15) is 0 Å². The summed E-state index contributed by atoms with van der Waals surface area (Å²) in [6.07, 6.45) is 1.68. The third kappa shape index (κ3) is 5.56. The van der Waals surface area contributed by atoms with Crippen LogP contribution in [-0.2, 0) is 14.3 Å². The summed E-state index contributed by atoms with van der Waals surface area (Å²) in [4.78, 5) is 39.5. The number of hydrogen-bond acceptors (Lipinski definition) is 5. The van der Waals surface area contributed by atoms with Gasteiger partial charge in [0.15, 0.2) is 0 Å². The molecule has 1 unspecified atom stereocenters. The number of piperidine rings is 1. The van der Waals surface area contributed by atoms with Crippen molar-refractivity contribution < 1.29 is 19.1 Å². The van der Waals surface area contributed by atoms with Crippen molar-refractivity contribution in [3.05, 3.63) is 29.8 Å². The van der Waals surface area contributed by atoms with Gasteiger partial charge in [-0.25, -0.2) is 0 Å². The first kappa shape index (κ1) is 19.9. The summed E-state index contributed by atoms with van der Waals surface area (Å²) >= 11 is 0. The van der Waals surface area contributed by atoms with Gasteiger partial charge in [0.1, 0.15) is 0 Å². The molecule has 1 heterocycles. The highest BCUT2D eigenvalue weighted by Crippen LogP contribution is 2.18. The second-order valence-electron chi connectivity index (χ2n) is 6.65. The van der Waals surface area contributed by atoms with Crippen LogP contribution in [0.15, 0.2) is 24.3 Å². The van der Waals surface area contributed by atoms with Crippen LogP contribution in [0.25, 0.3) is 0 Å². The number of amides is 2. The molecule has 2 rings (SSSR count). The number of rotatable bonds is 6. The molecule has 1 N–H and O–H groups in total. The van der Waals surface area contributed by atoms with Crippen LogP contribution in [-0.4, -0.2) is 67.9 Å². The summed E-state index contributed by atoms with van der Waals surface area (Å²) in [6.45, 7) is 3.74. The highest BCUT2D eigenvalue weighted by molar-refractivity contribution is 5.96. The predicted molar refractivity (Wildman–Crippen MR) is 98.9 cm³/mol.